The van der Waals surface area contributed by atoms with E-state index in [0.717, 1.165) is 22.4 Å². The SMILES string of the molecule is N#C[C@@H]1[C@H](c2ccc3c(c2)OCO3)[C@]12Cc1ccccc1C2=O. The van der Waals surface area contributed by atoms with E-state index in [-0.39, 0.29) is 24.4 Å². The number of carbonyl (C=O) groups excluding carboxylic acids is 1. The molecular formula is C19H13NO3. The van der Waals surface area contributed by atoms with Gasteiger partial charge in [0.15, 0.2) is 17.3 Å². The van der Waals surface area contributed by atoms with Crippen LogP contribution >= 0.6 is 0 Å². The number of nitrogens with zero attached hydrogens (tertiary/aromatic N) is 1. The van der Waals surface area contributed by atoms with Gasteiger partial charge in [-0.15, -0.1) is 0 Å². The van der Waals surface area contributed by atoms with Gasteiger partial charge in [-0.05, 0) is 29.7 Å². The lowest BCUT2D eigenvalue weighted by atomic mass is 9.94. The molecule has 0 saturated heterocycles. The van der Waals surface area contributed by atoms with Crippen molar-refractivity contribution in [2.45, 2.75) is 12.3 Å². The van der Waals surface area contributed by atoms with Gasteiger partial charge < -0.3 is 9.47 Å². The van der Waals surface area contributed by atoms with Gasteiger partial charge in [0.2, 0.25) is 6.79 Å². The summed E-state index contributed by atoms with van der Waals surface area (Å²) in [6.45, 7) is 0.223. The Bertz CT molecular complexity index is 898. The lowest BCUT2D eigenvalue weighted by molar-refractivity contribution is 0.0908. The zero-order valence-electron chi connectivity index (χ0n) is 12.3. The van der Waals surface area contributed by atoms with Crippen molar-refractivity contribution in [2.24, 2.45) is 11.3 Å². The molecule has 1 aliphatic heterocycles. The third-order valence-corrected chi connectivity index (χ3v) is 5.40. The van der Waals surface area contributed by atoms with E-state index in [2.05, 4.69) is 6.07 Å². The van der Waals surface area contributed by atoms with E-state index in [9.17, 15) is 10.1 Å². The molecular weight excluding hydrogens is 290 g/mol. The Balaban J connectivity index is 1.59. The quantitative estimate of drug-likeness (QED) is 0.812. The van der Waals surface area contributed by atoms with Crippen LogP contribution in [0.5, 0.6) is 11.5 Å². The normalized spacial score (nSPS) is 29.4. The van der Waals surface area contributed by atoms with Gasteiger partial charge >= 0.3 is 0 Å². The van der Waals surface area contributed by atoms with Gasteiger partial charge in [-0.25, -0.2) is 0 Å². The van der Waals surface area contributed by atoms with Crippen molar-refractivity contribution in [2.75, 3.05) is 6.79 Å². The van der Waals surface area contributed by atoms with Crippen LogP contribution in [0.25, 0.3) is 0 Å². The molecule has 5 rings (SSSR count). The summed E-state index contributed by atoms with van der Waals surface area (Å²) in [5, 5.41) is 9.60. The summed E-state index contributed by atoms with van der Waals surface area (Å²) in [4.78, 5) is 13.0. The summed E-state index contributed by atoms with van der Waals surface area (Å²) in [5.74, 6) is 1.19. The topological polar surface area (TPSA) is 59.3 Å². The van der Waals surface area contributed by atoms with Crippen LogP contribution in [0.1, 0.15) is 27.4 Å². The molecule has 3 aliphatic rings. The zero-order chi connectivity index (χ0) is 15.6. The lowest BCUT2D eigenvalue weighted by Gasteiger charge is -2.07. The first-order valence-electron chi connectivity index (χ1n) is 7.67. The molecule has 4 heteroatoms. The van der Waals surface area contributed by atoms with Crippen molar-refractivity contribution >= 4 is 5.78 Å². The Morgan fingerprint density at radius 3 is 2.78 bits per heavy atom. The molecule has 112 valence electrons. The second kappa shape index (κ2) is 4.14. The molecule has 2 aromatic carbocycles. The molecule has 2 aliphatic carbocycles. The van der Waals surface area contributed by atoms with Crippen LogP contribution in [-0.2, 0) is 6.42 Å². The Hall–Kier alpha value is -2.80. The molecule has 0 amide bonds. The number of ketones is 1. The van der Waals surface area contributed by atoms with Crippen molar-refractivity contribution in [3.05, 3.63) is 59.2 Å². The van der Waals surface area contributed by atoms with Gasteiger partial charge in [0, 0.05) is 11.5 Å². The van der Waals surface area contributed by atoms with Crippen LogP contribution in [0, 0.1) is 22.7 Å². The first-order valence-corrected chi connectivity index (χ1v) is 7.67. The van der Waals surface area contributed by atoms with E-state index in [4.69, 9.17) is 9.47 Å². The molecule has 4 nitrogen and oxygen atoms in total. The summed E-state index contributed by atoms with van der Waals surface area (Å²) in [6.07, 6.45) is 0.652. The van der Waals surface area contributed by atoms with E-state index >= 15 is 0 Å². The predicted octanol–water partition coefficient (Wildman–Crippen LogP) is 3.08. The van der Waals surface area contributed by atoms with Gasteiger partial charge in [0.05, 0.1) is 17.4 Å². The fourth-order valence-electron chi connectivity index (χ4n) is 4.27. The average Bonchev–Trinajstić information content (AvgIpc) is 2.87. The summed E-state index contributed by atoms with van der Waals surface area (Å²) in [6, 6.07) is 15.8. The highest BCUT2D eigenvalue weighted by Gasteiger charge is 2.72. The van der Waals surface area contributed by atoms with Gasteiger partial charge in [-0.3, -0.25) is 4.79 Å². The molecule has 0 N–H and O–H groups in total. The maximum Gasteiger partial charge on any atom is 0.231 e. The van der Waals surface area contributed by atoms with E-state index in [0.29, 0.717) is 12.2 Å². The number of nitriles is 1. The Morgan fingerprint density at radius 1 is 1.13 bits per heavy atom. The molecule has 0 radical (unpaired) electrons. The fourth-order valence-corrected chi connectivity index (χ4v) is 4.27. The monoisotopic (exact) mass is 303 g/mol. The number of rotatable bonds is 1. The number of hydrogen-bond donors (Lipinski definition) is 0. The third kappa shape index (κ3) is 1.47. The molecule has 0 bridgehead atoms. The Morgan fingerprint density at radius 2 is 1.96 bits per heavy atom. The minimum absolute atomic E-state index is 0.0677. The predicted molar refractivity (Wildman–Crippen MR) is 81.3 cm³/mol. The second-order valence-electron chi connectivity index (χ2n) is 6.40. The molecule has 1 fully saturated rings. The minimum Gasteiger partial charge on any atom is -0.454 e. The van der Waals surface area contributed by atoms with E-state index in [1.54, 1.807) is 0 Å². The molecule has 1 heterocycles. The highest BCUT2D eigenvalue weighted by molar-refractivity contribution is 6.08. The Labute approximate surface area is 133 Å². The van der Waals surface area contributed by atoms with Crippen molar-refractivity contribution < 1.29 is 14.3 Å². The van der Waals surface area contributed by atoms with Crippen LogP contribution in [0.2, 0.25) is 0 Å². The minimum atomic E-state index is -0.591. The first-order chi connectivity index (χ1) is 11.3. The highest BCUT2D eigenvalue weighted by atomic mass is 16.7. The van der Waals surface area contributed by atoms with Crippen LogP contribution in [-0.4, -0.2) is 12.6 Å². The highest BCUT2D eigenvalue weighted by Crippen LogP contribution is 2.70. The number of benzene rings is 2. The van der Waals surface area contributed by atoms with E-state index < -0.39 is 5.41 Å². The number of fused-ring (bicyclic) bond motifs is 2. The van der Waals surface area contributed by atoms with Crippen LogP contribution < -0.4 is 9.47 Å². The van der Waals surface area contributed by atoms with Crippen LogP contribution in [0.4, 0.5) is 0 Å². The van der Waals surface area contributed by atoms with E-state index in [1.165, 1.54) is 0 Å². The molecule has 0 unspecified atom stereocenters. The summed E-state index contributed by atoms with van der Waals surface area (Å²) in [5.41, 5.74) is 2.23. The van der Waals surface area contributed by atoms with E-state index in [1.807, 2.05) is 42.5 Å². The fraction of sp³-hybridized carbons (Fsp3) is 0.263. The molecule has 2 aromatic rings. The summed E-state index contributed by atoms with van der Waals surface area (Å²) in [7, 11) is 0. The van der Waals surface area contributed by atoms with Crippen molar-refractivity contribution in [3.8, 4) is 17.6 Å². The average molecular weight is 303 g/mol. The number of hydrogen-bond acceptors (Lipinski definition) is 4. The number of carbonyl (C=O) groups is 1. The maximum absolute atomic E-state index is 13.0. The summed E-state index contributed by atoms with van der Waals surface area (Å²) >= 11 is 0. The van der Waals surface area contributed by atoms with Gasteiger partial charge in [0.1, 0.15) is 0 Å². The number of Topliss-reactive ketones (excluding diaryl/α,β-unsaturated/α-hetero) is 1. The largest absolute Gasteiger partial charge is 0.454 e. The van der Waals surface area contributed by atoms with Crippen LogP contribution in [0.3, 0.4) is 0 Å². The first kappa shape index (κ1) is 12.7. The summed E-state index contributed by atoms with van der Waals surface area (Å²) < 4.78 is 10.8. The maximum atomic E-state index is 13.0. The third-order valence-electron chi connectivity index (χ3n) is 5.40. The molecule has 1 saturated carbocycles. The van der Waals surface area contributed by atoms with Crippen molar-refractivity contribution in [1.82, 2.24) is 0 Å². The smallest absolute Gasteiger partial charge is 0.231 e. The molecule has 23 heavy (non-hydrogen) atoms. The second-order valence-corrected chi connectivity index (χ2v) is 6.40. The van der Waals surface area contributed by atoms with Gasteiger partial charge in [-0.1, -0.05) is 30.3 Å². The molecule has 1 spiro atoms. The Kier molecular flexibility index (Phi) is 2.29. The van der Waals surface area contributed by atoms with Crippen LogP contribution in [0.15, 0.2) is 42.5 Å². The van der Waals surface area contributed by atoms with Gasteiger partial charge in [-0.2, -0.15) is 5.26 Å². The zero-order valence-corrected chi connectivity index (χ0v) is 12.3. The van der Waals surface area contributed by atoms with Gasteiger partial charge in [0.25, 0.3) is 0 Å². The molecule has 3 atom stereocenters. The standard InChI is InChI=1S/C19H13NO3/c20-9-14-17(11-5-6-15-16(7-11)23-10-22-15)19(14)8-12-3-1-2-4-13(12)18(19)21/h1-7,14,17H,8,10H2/t14-,17+,19+/m1/s1. The molecule has 0 aromatic heterocycles. The van der Waals surface area contributed by atoms with Crippen molar-refractivity contribution in [3.63, 3.8) is 0 Å². The lowest BCUT2D eigenvalue weighted by Crippen LogP contribution is -2.14. The number of ether oxygens (including phenoxy) is 2. The van der Waals surface area contributed by atoms with Crippen molar-refractivity contribution in [1.29, 1.82) is 5.26 Å².